The summed E-state index contributed by atoms with van der Waals surface area (Å²) in [6.07, 6.45) is 2.04. The van der Waals surface area contributed by atoms with Crippen molar-refractivity contribution in [3.8, 4) is 22.4 Å². The highest BCUT2D eigenvalue weighted by atomic mass is 31.2. The van der Waals surface area contributed by atoms with Crippen LogP contribution in [0.2, 0.25) is 0 Å². The molecule has 0 radical (unpaired) electrons. The molecule has 8 rings (SSSR count). The van der Waals surface area contributed by atoms with E-state index in [0.717, 1.165) is 65.9 Å². The van der Waals surface area contributed by atoms with Crippen molar-refractivity contribution in [2.75, 3.05) is 0 Å². The van der Waals surface area contributed by atoms with E-state index in [2.05, 4.69) is 46.9 Å². The van der Waals surface area contributed by atoms with Gasteiger partial charge in [-0.2, -0.15) is 0 Å². The van der Waals surface area contributed by atoms with Crippen molar-refractivity contribution in [3.63, 3.8) is 0 Å². The molecule has 0 N–H and O–H groups in total. The van der Waals surface area contributed by atoms with E-state index in [1.807, 2.05) is 115 Å². The highest BCUT2D eigenvalue weighted by Crippen LogP contribution is 2.43. The van der Waals surface area contributed by atoms with Crippen LogP contribution in [0.3, 0.4) is 0 Å². The van der Waals surface area contributed by atoms with Crippen LogP contribution >= 0.6 is 7.14 Å². The average molecular weight is 572 g/mol. The van der Waals surface area contributed by atoms with Crippen molar-refractivity contribution in [2.45, 2.75) is 0 Å². The number of imidazole rings is 1. The largest absolute Gasteiger partial charge is 0.309 e. The van der Waals surface area contributed by atoms with Gasteiger partial charge in [-0.3, -0.25) is 4.40 Å². The van der Waals surface area contributed by atoms with Gasteiger partial charge in [0.25, 0.3) is 0 Å². The summed E-state index contributed by atoms with van der Waals surface area (Å²) < 4.78 is 17.1. The van der Waals surface area contributed by atoms with Gasteiger partial charge in [-0.25, -0.2) is 9.97 Å². The summed E-state index contributed by atoms with van der Waals surface area (Å²) in [7, 11) is -3.07. The maximum absolute atomic E-state index is 14.9. The molecule has 0 bridgehead atoms. The molecule has 8 aromatic rings. The van der Waals surface area contributed by atoms with Crippen LogP contribution in [-0.4, -0.2) is 14.4 Å². The summed E-state index contributed by atoms with van der Waals surface area (Å²) in [5, 5.41) is 3.51. The number of para-hydroxylation sites is 1. The van der Waals surface area contributed by atoms with E-state index >= 15 is 0 Å². The van der Waals surface area contributed by atoms with Crippen LogP contribution < -0.4 is 15.9 Å². The molecule has 0 aliphatic carbocycles. The van der Waals surface area contributed by atoms with Crippen LogP contribution in [0.5, 0.6) is 0 Å². The second kappa shape index (κ2) is 10.2. The van der Waals surface area contributed by atoms with Crippen LogP contribution in [0.25, 0.3) is 50.0 Å². The number of aromatic nitrogens is 3. The predicted molar refractivity (Wildman–Crippen MR) is 178 cm³/mol. The lowest BCUT2D eigenvalue weighted by atomic mass is 10.0. The Labute approximate surface area is 249 Å². The second-order valence-corrected chi connectivity index (χ2v) is 13.4. The highest BCUT2D eigenvalue weighted by molar-refractivity contribution is 7.85. The Hall–Kier alpha value is -5.31. The van der Waals surface area contributed by atoms with Gasteiger partial charge >= 0.3 is 0 Å². The Morgan fingerprint density at radius 1 is 0.512 bits per heavy atom. The molecule has 3 aromatic heterocycles. The standard InChI is InChI=1S/C38H26N3OP/c42-43(30-13-3-1-4-14-30,31-15-5-2-6-16-31)32-17-11-12-29(26-32)27-21-23-28(24-22-27)36-38-37(33-18-7-8-19-34(33)39-36)40-35-20-9-10-25-41(35)38/h1-26H. The minimum absolute atomic E-state index is 0.815. The van der Waals surface area contributed by atoms with Crippen molar-refractivity contribution in [2.24, 2.45) is 0 Å². The van der Waals surface area contributed by atoms with Gasteiger partial charge in [-0.1, -0.05) is 127 Å². The highest BCUT2D eigenvalue weighted by Gasteiger charge is 2.29. The molecule has 4 nitrogen and oxygen atoms in total. The van der Waals surface area contributed by atoms with Crippen molar-refractivity contribution < 1.29 is 4.57 Å². The van der Waals surface area contributed by atoms with Crippen LogP contribution in [0.4, 0.5) is 0 Å². The number of fused-ring (bicyclic) bond motifs is 5. The third kappa shape index (κ3) is 4.19. The van der Waals surface area contributed by atoms with E-state index in [4.69, 9.17) is 9.97 Å². The van der Waals surface area contributed by atoms with Gasteiger partial charge in [0, 0.05) is 33.1 Å². The molecule has 0 saturated heterocycles. The number of hydrogen-bond acceptors (Lipinski definition) is 3. The second-order valence-electron chi connectivity index (χ2n) is 10.6. The fourth-order valence-electron chi connectivity index (χ4n) is 5.98. The smallest absolute Gasteiger partial charge is 0.171 e. The molecule has 0 aliphatic heterocycles. The summed E-state index contributed by atoms with van der Waals surface area (Å²) in [5.41, 5.74) is 7.73. The summed E-state index contributed by atoms with van der Waals surface area (Å²) in [6.45, 7) is 0. The van der Waals surface area contributed by atoms with Crippen LogP contribution in [-0.2, 0) is 4.57 Å². The van der Waals surface area contributed by atoms with Crippen LogP contribution in [0.1, 0.15) is 0 Å². The fourth-order valence-corrected chi connectivity index (χ4v) is 8.68. The Morgan fingerprint density at radius 2 is 1.14 bits per heavy atom. The lowest BCUT2D eigenvalue weighted by Gasteiger charge is -2.20. The Bertz CT molecular complexity index is 2270. The van der Waals surface area contributed by atoms with E-state index in [9.17, 15) is 4.57 Å². The van der Waals surface area contributed by atoms with Crippen LogP contribution in [0.15, 0.2) is 158 Å². The van der Waals surface area contributed by atoms with Gasteiger partial charge in [0.05, 0.1) is 16.7 Å². The Kier molecular flexibility index (Phi) is 6.03. The van der Waals surface area contributed by atoms with Gasteiger partial charge < -0.3 is 4.57 Å². The Balaban J connectivity index is 1.25. The first kappa shape index (κ1) is 25.4. The maximum Gasteiger partial charge on any atom is 0.171 e. The molecule has 0 spiro atoms. The van der Waals surface area contributed by atoms with Crippen molar-refractivity contribution in [3.05, 3.63) is 158 Å². The lowest BCUT2D eigenvalue weighted by Crippen LogP contribution is -2.25. The zero-order valence-corrected chi connectivity index (χ0v) is 24.1. The van der Waals surface area contributed by atoms with E-state index in [1.54, 1.807) is 0 Å². The third-order valence-corrected chi connectivity index (χ3v) is 11.1. The van der Waals surface area contributed by atoms with Gasteiger partial charge in [0.2, 0.25) is 0 Å². The molecular formula is C38H26N3OP. The predicted octanol–water partition coefficient (Wildman–Crippen LogP) is 8.01. The van der Waals surface area contributed by atoms with E-state index < -0.39 is 7.14 Å². The molecule has 0 unspecified atom stereocenters. The van der Waals surface area contributed by atoms with Crippen molar-refractivity contribution >= 4 is 50.6 Å². The number of rotatable bonds is 5. The molecule has 5 heteroatoms. The van der Waals surface area contributed by atoms with Gasteiger partial charge in [-0.15, -0.1) is 0 Å². The average Bonchev–Trinajstić information content (AvgIpc) is 3.49. The minimum Gasteiger partial charge on any atom is -0.309 e. The molecule has 0 fully saturated rings. The number of hydrogen-bond donors (Lipinski definition) is 0. The van der Waals surface area contributed by atoms with Crippen molar-refractivity contribution in [1.29, 1.82) is 0 Å². The van der Waals surface area contributed by atoms with E-state index in [0.29, 0.717) is 0 Å². The van der Waals surface area contributed by atoms with Gasteiger partial charge in [-0.05, 0) is 35.4 Å². The first-order valence-corrected chi connectivity index (χ1v) is 16.0. The third-order valence-electron chi connectivity index (χ3n) is 8.09. The van der Waals surface area contributed by atoms with Crippen LogP contribution in [0, 0.1) is 0 Å². The zero-order valence-electron chi connectivity index (χ0n) is 23.2. The molecule has 204 valence electrons. The number of nitrogens with zero attached hydrogens (tertiary/aromatic N) is 3. The molecule has 0 amide bonds. The maximum atomic E-state index is 14.9. The molecular weight excluding hydrogens is 545 g/mol. The summed E-state index contributed by atoms with van der Waals surface area (Å²) in [6, 6.07) is 50.4. The summed E-state index contributed by atoms with van der Waals surface area (Å²) in [5.74, 6) is 0. The molecule has 0 aliphatic rings. The summed E-state index contributed by atoms with van der Waals surface area (Å²) in [4.78, 5) is 10.1. The fraction of sp³-hybridized carbons (Fsp3) is 0. The van der Waals surface area contributed by atoms with E-state index in [1.165, 1.54) is 0 Å². The zero-order chi connectivity index (χ0) is 28.8. The molecule has 3 heterocycles. The first-order chi connectivity index (χ1) is 21.2. The first-order valence-electron chi connectivity index (χ1n) is 14.3. The minimum atomic E-state index is -3.07. The Morgan fingerprint density at radius 3 is 1.88 bits per heavy atom. The molecule has 43 heavy (non-hydrogen) atoms. The molecule has 0 saturated carbocycles. The number of pyridine rings is 2. The SMILES string of the molecule is O=P(c1ccccc1)(c1ccccc1)c1cccc(-c2ccc(-c3nc4ccccc4c4nc5ccccn5c34)cc2)c1. The lowest BCUT2D eigenvalue weighted by molar-refractivity contribution is 0.592. The molecule has 0 atom stereocenters. The van der Waals surface area contributed by atoms with E-state index in [-0.39, 0.29) is 0 Å². The summed E-state index contributed by atoms with van der Waals surface area (Å²) >= 11 is 0. The van der Waals surface area contributed by atoms with Gasteiger partial charge in [0.1, 0.15) is 11.2 Å². The number of benzene rings is 5. The topological polar surface area (TPSA) is 47.3 Å². The van der Waals surface area contributed by atoms with Gasteiger partial charge in [0.15, 0.2) is 7.14 Å². The van der Waals surface area contributed by atoms with Crippen molar-refractivity contribution in [1.82, 2.24) is 14.4 Å². The normalized spacial score (nSPS) is 11.8. The quantitative estimate of drug-likeness (QED) is 0.197. The monoisotopic (exact) mass is 571 g/mol. The molecule has 5 aromatic carbocycles.